The predicted molar refractivity (Wildman–Crippen MR) is 104 cm³/mol. The van der Waals surface area contributed by atoms with Gasteiger partial charge in [0.1, 0.15) is 17.6 Å². The molecule has 0 spiro atoms. The highest BCUT2D eigenvalue weighted by atomic mass is 16.2. The van der Waals surface area contributed by atoms with Gasteiger partial charge < -0.3 is 32.7 Å². The summed E-state index contributed by atoms with van der Waals surface area (Å²) >= 11 is 0. The first kappa shape index (κ1) is 23.3. The second-order valence-corrected chi connectivity index (χ2v) is 7.11. The van der Waals surface area contributed by atoms with Gasteiger partial charge in [-0.05, 0) is 38.5 Å². The number of hydrogen-bond donors (Lipinski definition) is 6. The minimum atomic E-state index is -0.984. The van der Waals surface area contributed by atoms with Gasteiger partial charge in [0.25, 0.3) is 0 Å². The number of nitrogens with two attached hydrogens (primary N) is 2. The maximum atomic E-state index is 12.8. The van der Waals surface area contributed by atoms with E-state index in [-0.39, 0.29) is 5.91 Å². The van der Waals surface area contributed by atoms with E-state index >= 15 is 0 Å². The van der Waals surface area contributed by atoms with Gasteiger partial charge in [0.2, 0.25) is 23.6 Å². The van der Waals surface area contributed by atoms with Crippen molar-refractivity contribution < 1.29 is 19.2 Å². The van der Waals surface area contributed by atoms with E-state index in [1.807, 2.05) is 0 Å². The van der Waals surface area contributed by atoms with Gasteiger partial charge in [0.15, 0.2) is 0 Å². The molecule has 0 aromatic carbocycles. The lowest BCUT2D eigenvalue weighted by molar-refractivity contribution is -0.139. The lowest BCUT2D eigenvalue weighted by atomic mass is 9.75. The lowest BCUT2D eigenvalue weighted by Crippen LogP contribution is -2.65. The van der Waals surface area contributed by atoms with Crippen LogP contribution in [0.4, 0.5) is 0 Å². The summed E-state index contributed by atoms with van der Waals surface area (Å²) in [6.45, 7) is 7.07. The molecule has 0 saturated heterocycles. The Balaban J connectivity index is 2.82. The molecule has 4 amide bonds. The molecule has 2 atom stereocenters. The maximum absolute atomic E-state index is 12.8. The van der Waals surface area contributed by atoms with Crippen molar-refractivity contribution in [2.24, 2.45) is 11.5 Å². The van der Waals surface area contributed by atoms with Crippen molar-refractivity contribution in [3.05, 3.63) is 12.4 Å². The molecule has 1 saturated carbocycles. The van der Waals surface area contributed by atoms with E-state index in [0.717, 1.165) is 6.42 Å². The molecule has 0 bridgehead atoms. The topological polar surface area (TPSA) is 168 Å². The molecule has 0 unspecified atom stereocenters. The molecule has 10 nitrogen and oxygen atoms in total. The molecule has 0 heterocycles. The highest BCUT2D eigenvalue weighted by Gasteiger charge is 2.45. The van der Waals surface area contributed by atoms with E-state index < -0.39 is 35.3 Å². The summed E-state index contributed by atoms with van der Waals surface area (Å²) in [4.78, 5) is 48.3. The van der Waals surface area contributed by atoms with Crippen LogP contribution in [0.1, 0.15) is 52.4 Å². The largest absolute Gasteiger partial charge is 0.386 e. The molecular weight excluding hydrogens is 364 g/mol. The van der Waals surface area contributed by atoms with Gasteiger partial charge in [0.05, 0.1) is 5.82 Å². The van der Waals surface area contributed by atoms with Gasteiger partial charge in [0, 0.05) is 13.5 Å². The van der Waals surface area contributed by atoms with Crippen LogP contribution in [0.15, 0.2) is 12.4 Å². The quantitative estimate of drug-likeness (QED) is 0.224. The Hall–Kier alpha value is -2.78. The van der Waals surface area contributed by atoms with E-state index in [2.05, 4.69) is 27.8 Å². The summed E-state index contributed by atoms with van der Waals surface area (Å²) < 4.78 is 0. The minimum Gasteiger partial charge on any atom is -0.386 e. The molecule has 1 rings (SSSR count). The highest BCUT2D eigenvalue weighted by molar-refractivity contribution is 5.96. The van der Waals surface area contributed by atoms with Gasteiger partial charge in [-0.25, -0.2) is 0 Å². The summed E-state index contributed by atoms with van der Waals surface area (Å²) in [5.41, 5.74) is 9.75. The first-order chi connectivity index (χ1) is 13.1. The third kappa shape index (κ3) is 6.75. The molecule has 28 heavy (non-hydrogen) atoms. The second kappa shape index (κ2) is 10.5. The fourth-order valence-electron chi connectivity index (χ4n) is 3.04. The Bertz CT molecular complexity index is 617. The van der Waals surface area contributed by atoms with Crippen LogP contribution < -0.4 is 32.7 Å². The van der Waals surface area contributed by atoms with Crippen LogP contribution in [0, 0.1) is 0 Å². The molecule has 1 aliphatic rings. The number of hydrogen-bond acceptors (Lipinski definition) is 6. The average Bonchev–Trinajstić information content (AvgIpc) is 2.57. The van der Waals surface area contributed by atoms with Crippen molar-refractivity contribution in [2.45, 2.75) is 70.0 Å². The summed E-state index contributed by atoms with van der Waals surface area (Å²) in [5, 5.41) is 10.8. The van der Waals surface area contributed by atoms with Crippen molar-refractivity contribution in [3.8, 4) is 0 Å². The lowest BCUT2D eigenvalue weighted by Gasteiger charge is -2.41. The highest BCUT2D eigenvalue weighted by Crippen LogP contribution is 2.32. The van der Waals surface area contributed by atoms with Gasteiger partial charge in [-0.2, -0.15) is 0 Å². The Morgan fingerprint density at radius 2 is 1.75 bits per heavy atom. The molecule has 0 aliphatic heterocycles. The van der Waals surface area contributed by atoms with E-state index in [1.165, 1.54) is 6.92 Å². The summed E-state index contributed by atoms with van der Waals surface area (Å²) in [6.07, 6.45) is 3.01. The van der Waals surface area contributed by atoms with Crippen LogP contribution in [-0.2, 0) is 19.2 Å². The molecule has 0 aromatic heterocycles. The third-order valence-electron chi connectivity index (χ3n) is 4.77. The van der Waals surface area contributed by atoms with E-state index in [1.54, 1.807) is 6.92 Å². The van der Waals surface area contributed by atoms with Crippen LogP contribution in [0.5, 0.6) is 0 Å². The third-order valence-corrected chi connectivity index (χ3v) is 4.77. The SMILES string of the molecule is C=C(N)NCCC[C@H](NC(=O)C1(NC(C)=O)CCC1)C(=O)N[C@@H](CC)C(N)=O. The molecule has 8 N–H and O–H groups in total. The van der Waals surface area contributed by atoms with Gasteiger partial charge in [-0.15, -0.1) is 0 Å². The van der Waals surface area contributed by atoms with Crippen LogP contribution in [0.2, 0.25) is 0 Å². The smallest absolute Gasteiger partial charge is 0.246 e. The fourth-order valence-corrected chi connectivity index (χ4v) is 3.04. The first-order valence-electron chi connectivity index (χ1n) is 9.49. The number of nitrogens with one attached hydrogen (secondary N) is 4. The van der Waals surface area contributed by atoms with Gasteiger partial charge in [-0.1, -0.05) is 13.5 Å². The van der Waals surface area contributed by atoms with Crippen LogP contribution in [0.25, 0.3) is 0 Å². The Morgan fingerprint density at radius 3 is 2.18 bits per heavy atom. The number of carbonyl (C=O) groups excluding carboxylic acids is 4. The Labute approximate surface area is 165 Å². The molecular formula is C18H32N6O4. The zero-order valence-electron chi connectivity index (χ0n) is 16.6. The molecule has 1 aliphatic carbocycles. The van der Waals surface area contributed by atoms with Crippen LogP contribution in [-0.4, -0.2) is 47.8 Å². The summed E-state index contributed by atoms with van der Waals surface area (Å²) in [6, 6.07) is -1.69. The monoisotopic (exact) mass is 396 g/mol. The van der Waals surface area contributed by atoms with E-state index in [0.29, 0.717) is 44.5 Å². The fraction of sp³-hybridized carbons (Fsp3) is 0.667. The van der Waals surface area contributed by atoms with Crippen LogP contribution >= 0.6 is 0 Å². The summed E-state index contributed by atoms with van der Waals surface area (Å²) in [7, 11) is 0. The van der Waals surface area contributed by atoms with E-state index in [4.69, 9.17) is 11.5 Å². The normalized spacial score (nSPS) is 16.6. The molecule has 158 valence electrons. The van der Waals surface area contributed by atoms with Crippen molar-refractivity contribution in [3.63, 3.8) is 0 Å². The first-order valence-corrected chi connectivity index (χ1v) is 9.49. The van der Waals surface area contributed by atoms with Gasteiger partial charge in [-0.3, -0.25) is 19.2 Å². The number of primary amides is 1. The molecule has 1 fully saturated rings. The van der Waals surface area contributed by atoms with E-state index in [9.17, 15) is 19.2 Å². The number of carbonyl (C=O) groups is 4. The molecule has 10 heteroatoms. The Morgan fingerprint density at radius 1 is 1.11 bits per heavy atom. The van der Waals surface area contributed by atoms with Crippen molar-refractivity contribution in [1.82, 2.24) is 21.3 Å². The van der Waals surface area contributed by atoms with Crippen molar-refractivity contribution in [2.75, 3.05) is 6.54 Å². The summed E-state index contributed by atoms with van der Waals surface area (Å²) in [5.74, 6) is -1.54. The molecule has 0 aromatic rings. The zero-order valence-corrected chi connectivity index (χ0v) is 16.6. The standard InChI is InChI=1S/C18H32N6O4/c1-4-13(15(20)26)22-16(27)14(7-5-10-21-11(2)19)23-17(28)18(8-6-9-18)24-12(3)25/h13-14,21H,2,4-10,19H2,1,3H3,(H2,20,26)(H,22,27)(H,23,28)(H,24,25)/t13-,14-/m0/s1. The maximum Gasteiger partial charge on any atom is 0.246 e. The minimum absolute atomic E-state index is 0.304. The predicted octanol–water partition coefficient (Wildman–Crippen LogP) is -1.29. The van der Waals surface area contributed by atoms with Crippen molar-refractivity contribution >= 4 is 23.6 Å². The van der Waals surface area contributed by atoms with Gasteiger partial charge >= 0.3 is 0 Å². The molecule has 0 radical (unpaired) electrons. The van der Waals surface area contributed by atoms with Crippen molar-refractivity contribution in [1.29, 1.82) is 0 Å². The van der Waals surface area contributed by atoms with Crippen LogP contribution in [0.3, 0.4) is 0 Å². The average molecular weight is 396 g/mol. The zero-order chi connectivity index (χ0) is 21.3. The number of rotatable bonds is 12. The number of amides is 4. The second-order valence-electron chi connectivity index (χ2n) is 7.11. The Kier molecular flexibility index (Phi) is 8.75.